The Morgan fingerprint density at radius 2 is 1.32 bits per heavy atom. The molecule has 2 amide bonds. The molecule has 0 radical (unpaired) electrons. The number of hydrogen-bond donors (Lipinski definition) is 1. The molecule has 0 saturated heterocycles. The quantitative estimate of drug-likeness (QED) is 0.380. The highest BCUT2D eigenvalue weighted by Crippen LogP contribution is 2.02. The van der Waals surface area contributed by atoms with E-state index < -0.39 is 0 Å². The molecule has 7 nitrogen and oxygen atoms in total. The summed E-state index contributed by atoms with van der Waals surface area (Å²) in [5, 5.41) is 0. The minimum Gasteiger partial charge on any atom is -0.378 e. The second kappa shape index (κ2) is 9.62. The zero-order valence-electron chi connectivity index (χ0n) is 10.9. The molecule has 0 aromatic heterocycles. The highest BCUT2D eigenvalue weighted by Gasteiger charge is 2.22. The number of amides is 2. The summed E-state index contributed by atoms with van der Waals surface area (Å²) < 4.78 is 15.6. The Morgan fingerprint density at radius 1 is 0.842 bits per heavy atom. The van der Waals surface area contributed by atoms with Crippen LogP contribution in [-0.4, -0.2) is 69.4 Å². The van der Waals surface area contributed by atoms with E-state index >= 15 is 0 Å². The lowest BCUT2D eigenvalue weighted by atomic mass is 10.5. The lowest BCUT2D eigenvalue weighted by Gasteiger charge is -2.13. The molecule has 108 valence electrons. The molecule has 0 atom stereocenters. The van der Waals surface area contributed by atoms with Crippen LogP contribution in [0, 0.1) is 0 Å². The highest BCUT2D eigenvalue weighted by atomic mass is 16.5. The minimum absolute atomic E-state index is 0.268. The van der Waals surface area contributed by atoms with Crippen LogP contribution in [0.4, 0.5) is 0 Å². The van der Waals surface area contributed by atoms with E-state index in [9.17, 15) is 9.59 Å². The topological polar surface area (TPSA) is 91.1 Å². The van der Waals surface area contributed by atoms with Crippen molar-refractivity contribution in [1.82, 2.24) is 4.90 Å². The van der Waals surface area contributed by atoms with Crippen molar-refractivity contribution in [3.63, 3.8) is 0 Å². The number of carbonyl (C=O) groups excluding carboxylic acids is 2. The van der Waals surface area contributed by atoms with Crippen LogP contribution in [0.25, 0.3) is 0 Å². The second-order valence-electron chi connectivity index (χ2n) is 3.79. The van der Waals surface area contributed by atoms with Crippen molar-refractivity contribution in [3.05, 3.63) is 12.2 Å². The van der Waals surface area contributed by atoms with Gasteiger partial charge in [-0.05, 0) is 0 Å². The van der Waals surface area contributed by atoms with Gasteiger partial charge in [0.25, 0.3) is 11.8 Å². The SMILES string of the molecule is NCCOCCOCCOCCN1C(=O)C=CC1=O. The molecular formula is C12H20N2O5. The smallest absolute Gasteiger partial charge is 0.253 e. The molecule has 1 rings (SSSR count). The summed E-state index contributed by atoms with van der Waals surface area (Å²) in [6, 6.07) is 0. The van der Waals surface area contributed by atoms with Crippen molar-refractivity contribution in [2.24, 2.45) is 5.73 Å². The van der Waals surface area contributed by atoms with Gasteiger partial charge in [0.2, 0.25) is 0 Å². The number of ether oxygens (including phenoxy) is 3. The summed E-state index contributed by atoms with van der Waals surface area (Å²) in [6.07, 6.45) is 2.51. The van der Waals surface area contributed by atoms with Crippen LogP contribution in [-0.2, 0) is 23.8 Å². The van der Waals surface area contributed by atoms with Crippen LogP contribution in [0.1, 0.15) is 0 Å². The normalized spacial score (nSPS) is 14.7. The van der Waals surface area contributed by atoms with E-state index in [0.29, 0.717) is 46.2 Å². The van der Waals surface area contributed by atoms with E-state index in [0.717, 1.165) is 4.90 Å². The first kappa shape index (κ1) is 15.8. The van der Waals surface area contributed by atoms with Crippen LogP contribution in [0.15, 0.2) is 12.2 Å². The summed E-state index contributed by atoms with van der Waals surface area (Å²) in [7, 11) is 0. The molecule has 0 aliphatic carbocycles. The van der Waals surface area contributed by atoms with Gasteiger partial charge in [0, 0.05) is 18.7 Å². The molecule has 0 aromatic rings. The van der Waals surface area contributed by atoms with Gasteiger partial charge in [0.15, 0.2) is 0 Å². The van der Waals surface area contributed by atoms with Crippen LogP contribution >= 0.6 is 0 Å². The van der Waals surface area contributed by atoms with Gasteiger partial charge in [0.1, 0.15) is 0 Å². The molecule has 0 saturated carbocycles. The molecule has 1 aliphatic heterocycles. The largest absolute Gasteiger partial charge is 0.378 e. The van der Waals surface area contributed by atoms with Gasteiger partial charge in [-0.2, -0.15) is 0 Å². The fourth-order valence-electron chi connectivity index (χ4n) is 1.43. The van der Waals surface area contributed by atoms with E-state index in [4.69, 9.17) is 19.9 Å². The van der Waals surface area contributed by atoms with Gasteiger partial charge < -0.3 is 19.9 Å². The molecule has 0 fully saturated rings. The third-order valence-corrected chi connectivity index (χ3v) is 2.37. The fourth-order valence-corrected chi connectivity index (χ4v) is 1.43. The molecule has 0 spiro atoms. The van der Waals surface area contributed by atoms with E-state index in [2.05, 4.69) is 0 Å². The lowest BCUT2D eigenvalue weighted by Crippen LogP contribution is -2.33. The van der Waals surface area contributed by atoms with Gasteiger partial charge in [-0.25, -0.2) is 0 Å². The molecule has 0 aromatic carbocycles. The molecule has 1 heterocycles. The van der Waals surface area contributed by atoms with Crippen molar-refractivity contribution in [1.29, 1.82) is 0 Å². The number of rotatable bonds is 11. The first-order chi connectivity index (χ1) is 9.25. The number of carbonyl (C=O) groups is 2. The van der Waals surface area contributed by atoms with E-state index in [-0.39, 0.29) is 18.4 Å². The van der Waals surface area contributed by atoms with Crippen LogP contribution < -0.4 is 5.73 Å². The Hall–Kier alpha value is -1.28. The summed E-state index contributed by atoms with van der Waals surface area (Å²) in [5.74, 6) is -0.580. The lowest BCUT2D eigenvalue weighted by molar-refractivity contribution is -0.137. The summed E-state index contributed by atoms with van der Waals surface area (Å²) in [5.41, 5.74) is 5.25. The maximum absolute atomic E-state index is 11.2. The van der Waals surface area contributed by atoms with Crippen LogP contribution in [0.3, 0.4) is 0 Å². The third-order valence-electron chi connectivity index (χ3n) is 2.37. The van der Waals surface area contributed by atoms with Crippen molar-refractivity contribution in [2.75, 3.05) is 52.7 Å². The average molecular weight is 272 g/mol. The van der Waals surface area contributed by atoms with Crippen molar-refractivity contribution >= 4 is 11.8 Å². The third kappa shape index (κ3) is 6.44. The molecule has 1 aliphatic rings. The van der Waals surface area contributed by atoms with Gasteiger partial charge in [-0.3, -0.25) is 14.5 Å². The predicted octanol–water partition coefficient (Wildman–Crippen LogP) is -1.08. The molecule has 19 heavy (non-hydrogen) atoms. The minimum atomic E-state index is -0.290. The predicted molar refractivity (Wildman–Crippen MR) is 67.4 cm³/mol. The van der Waals surface area contributed by atoms with Gasteiger partial charge in [0.05, 0.1) is 46.2 Å². The second-order valence-corrected chi connectivity index (χ2v) is 3.79. The molecule has 7 heteroatoms. The number of nitrogens with two attached hydrogens (primary N) is 1. The molecule has 2 N–H and O–H groups in total. The first-order valence-electron chi connectivity index (χ1n) is 6.22. The Kier molecular flexibility index (Phi) is 7.99. The van der Waals surface area contributed by atoms with Gasteiger partial charge >= 0.3 is 0 Å². The maximum atomic E-state index is 11.2. The molecular weight excluding hydrogens is 252 g/mol. The average Bonchev–Trinajstić information content (AvgIpc) is 2.72. The summed E-state index contributed by atoms with van der Waals surface area (Å²) in [6.45, 7) is 3.50. The standard InChI is InChI=1S/C12H20N2O5/c13-3-5-17-7-9-19-10-8-18-6-4-14-11(15)1-2-12(14)16/h1-2H,3-10,13H2. The van der Waals surface area contributed by atoms with Gasteiger partial charge in [-0.15, -0.1) is 0 Å². The van der Waals surface area contributed by atoms with Crippen LogP contribution in [0.5, 0.6) is 0 Å². The molecule has 0 unspecified atom stereocenters. The highest BCUT2D eigenvalue weighted by molar-refractivity contribution is 6.12. The number of imide groups is 1. The van der Waals surface area contributed by atoms with E-state index in [1.807, 2.05) is 0 Å². The zero-order chi connectivity index (χ0) is 13.9. The zero-order valence-corrected chi connectivity index (χ0v) is 10.9. The first-order valence-corrected chi connectivity index (χ1v) is 6.22. The summed E-state index contributed by atoms with van der Waals surface area (Å²) in [4.78, 5) is 23.5. The van der Waals surface area contributed by atoms with Gasteiger partial charge in [-0.1, -0.05) is 0 Å². The summed E-state index contributed by atoms with van der Waals surface area (Å²) >= 11 is 0. The Morgan fingerprint density at radius 3 is 1.84 bits per heavy atom. The molecule has 0 bridgehead atoms. The Labute approximate surface area is 112 Å². The Balaban J connectivity index is 1.86. The van der Waals surface area contributed by atoms with Crippen molar-refractivity contribution < 1.29 is 23.8 Å². The van der Waals surface area contributed by atoms with E-state index in [1.54, 1.807) is 0 Å². The van der Waals surface area contributed by atoms with Crippen molar-refractivity contribution in [3.8, 4) is 0 Å². The monoisotopic (exact) mass is 272 g/mol. The number of hydrogen-bond acceptors (Lipinski definition) is 6. The fraction of sp³-hybridized carbons (Fsp3) is 0.667. The number of nitrogens with zero attached hydrogens (tertiary/aromatic N) is 1. The Bertz CT molecular complexity index is 301. The maximum Gasteiger partial charge on any atom is 0.253 e. The van der Waals surface area contributed by atoms with Crippen LogP contribution in [0.2, 0.25) is 0 Å². The van der Waals surface area contributed by atoms with E-state index in [1.165, 1.54) is 12.2 Å². The van der Waals surface area contributed by atoms with Crippen molar-refractivity contribution in [2.45, 2.75) is 0 Å².